The zero-order chi connectivity index (χ0) is 14.1. The van der Waals surface area contributed by atoms with Crippen LogP contribution in [0, 0.1) is 11.3 Å². The molecule has 1 aliphatic rings. The molecule has 3 heteroatoms. The molecule has 0 bridgehead atoms. The molecule has 0 heterocycles. The van der Waals surface area contributed by atoms with Crippen LogP contribution in [-0.4, -0.2) is 11.6 Å². The molecule has 1 fully saturated rings. The van der Waals surface area contributed by atoms with Crippen molar-refractivity contribution < 1.29 is 4.79 Å². The number of hydrogen-bond acceptors (Lipinski definition) is 1. The molecule has 104 valence electrons. The number of hydrogen-bond donors (Lipinski definition) is 2. The average Bonchev–Trinajstić information content (AvgIpc) is 2.54. The molecule has 1 saturated carbocycles. The largest absolute Gasteiger partial charge is 0.332 e. The van der Waals surface area contributed by atoms with Gasteiger partial charge in [-0.25, -0.2) is 4.79 Å². The first-order valence-electron chi connectivity index (χ1n) is 6.99. The molecule has 1 aliphatic carbocycles. The van der Waals surface area contributed by atoms with Gasteiger partial charge in [0, 0.05) is 11.2 Å². The fourth-order valence-corrected chi connectivity index (χ4v) is 2.89. The lowest BCUT2D eigenvalue weighted by atomic mass is 9.72. The molecular weight excluding hydrogens is 236 g/mol. The highest BCUT2D eigenvalue weighted by Crippen LogP contribution is 2.49. The smallest absolute Gasteiger partial charge is 0.319 e. The molecule has 1 aromatic carbocycles. The van der Waals surface area contributed by atoms with Gasteiger partial charge in [0.25, 0.3) is 0 Å². The number of carbonyl (C=O) groups is 1. The van der Waals surface area contributed by atoms with E-state index >= 15 is 0 Å². The monoisotopic (exact) mass is 260 g/mol. The number of urea groups is 1. The molecule has 2 atom stereocenters. The maximum absolute atomic E-state index is 12.1. The van der Waals surface area contributed by atoms with Gasteiger partial charge in [-0.3, -0.25) is 0 Å². The van der Waals surface area contributed by atoms with Crippen molar-refractivity contribution in [3.05, 3.63) is 30.3 Å². The highest BCUT2D eigenvalue weighted by molar-refractivity contribution is 5.89. The number of benzene rings is 1. The third kappa shape index (κ3) is 2.60. The van der Waals surface area contributed by atoms with Gasteiger partial charge in [-0.15, -0.1) is 0 Å². The fourth-order valence-electron chi connectivity index (χ4n) is 2.89. The Morgan fingerprint density at radius 2 is 1.84 bits per heavy atom. The molecule has 0 aliphatic heterocycles. The van der Waals surface area contributed by atoms with Crippen molar-refractivity contribution in [1.29, 1.82) is 0 Å². The summed E-state index contributed by atoms with van der Waals surface area (Å²) in [7, 11) is 0. The van der Waals surface area contributed by atoms with Crippen LogP contribution in [0.15, 0.2) is 30.3 Å². The van der Waals surface area contributed by atoms with E-state index in [1.54, 1.807) is 0 Å². The van der Waals surface area contributed by atoms with Crippen LogP contribution in [0.2, 0.25) is 0 Å². The number of para-hydroxylation sites is 1. The molecule has 0 aromatic heterocycles. The second-order valence-electron chi connectivity index (χ2n) is 6.44. The van der Waals surface area contributed by atoms with Crippen molar-refractivity contribution in [2.75, 3.05) is 5.32 Å². The van der Waals surface area contributed by atoms with E-state index in [1.165, 1.54) is 0 Å². The highest BCUT2D eigenvalue weighted by Gasteiger charge is 2.50. The summed E-state index contributed by atoms with van der Waals surface area (Å²) in [6, 6.07) is 9.44. The van der Waals surface area contributed by atoms with Crippen LogP contribution >= 0.6 is 0 Å². The molecule has 2 amide bonds. The van der Waals surface area contributed by atoms with Crippen LogP contribution in [0.5, 0.6) is 0 Å². The number of amides is 2. The summed E-state index contributed by atoms with van der Waals surface area (Å²) in [6.45, 7) is 8.91. The summed E-state index contributed by atoms with van der Waals surface area (Å²) in [5.41, 5.74) is 0.791. The Bertz CT molecular complexity index is 455. The van der Waals surface area contributed by atoms with Crippen molar-refractivity contribution in [2.45, 2.75) is 46.1 Å². The van der Waals surface area contributed by atoms with Crippen molar-refractivity contribution in [3.63, 3.8) is 0 Å². The molecule has 2 rings (SSSR count). The first-order chi connectivity index (χ1) is 8.85. The van der Waals surface area contributed by atoms with Crippen molar-refractivity contribution >= 4 is 11.7 Å². The Balaban J connectivity index is 2.03. The predicted octanol–water partition coefficient (Wildman–Crippen LogP) is 4.02. The lowest BCUT2D eigenvalue weighted by Gasteiger charge is -2.41. The van der Waals surface area contributed by atoms with Gasteiger partial charge in [0.15, 0.2) is 0 Å². The van der Waals surface area contributed by atoms with Crippen LogP contribution in [0.3, 0.4) is 0 Å². The minimum atomic E-state index is -0.148. The minimum Gasteiger partial charge on any atom is -0.332 e. The third-order valence-corrected chi connectivity index (χ3v) is 5.15. The summed E-state index contributed by atoms with van der Waals surface area (Å²) >= 11 is 0. The van der Waals surface area contributed by atoms with Gasteiger partial charge in [-0.1, -0.05) is 39.0 Å². The van der Waals surface area contributed by atoms with Gasteiger partial charge in [0.1, 0.15) is 0 Å². The van der Waals surface area contributed by atoms with Crippen molar-refractivity contribution in [1.82, 2.24) is 5.32 Å². The van der Waals surface area contributed by atoms with Gasteiger partial charge < -0.3 is 10.6 Å². The molecule has 1 unspecified atom stereocenters. The van der Waals surface area contributed by atoms with E-state index in [2.05, 4.69) is 38.3 Å². The van der Waals surface area contributed by atoms with E-state index in [1.807, 2.05) is 30.3 Å². The van der Waals surface area contributed by atoms with Gasteiger partial charge in [0.05, 0.1) is 0 Å². The number of carbonyl (C=O) groups excluding carboxylic acids is 1. The van der Waals surface area contributed by atoms with E-state index in [-0.39, 0.29) is 17.0 Å². The van der Waals surface area contributed by atoms with Crippen LogP contribution in [0.4, 0.5) is 10.5 Å². The summed E-state index contributed by atoms with van der Waals surface area (Å²) in [5, 5.41) is 6.07. The summed E-state index contributed by atoms with van der Waals surface area (Å²) in [6.07, 6.45) is 2.19. The molecule has 0 saturated heterocycles. The summed E-state index contributed by atoms with van der Waals surface area (Å²) < 4.78 is 0. The maximum atomic E-state index is 12.1. The topological polar surface area (TPSA) is 41.1 Å². The Labute approximate surface area is 115 Å². The number of nitrogens with one attached hydrogen (secondary N) is 2. The lowest BCUT2D eigenvalue weighted by molar-refractivity contribution is 0.143. The summed E-state index contributed by atoms with van der Waals surface area (Å²) in [5.74, 6) is 0.620. The van der Waals surface area contributed by atoms with Crippen LogP contribution in [0.25, 0.3) is 0 Å². The average molecular weight is 260 g/mol. The van der Waals surface area contributed by atoms with Gasteiger partial charge in [-0.05, 0) is 43.2 Å². The predicted molar refractivity (Wildman–Crippen MR) is 79.2 cm³/mol. The second kappa shape index (κ2) is 4.87. The van der Waals surface area contributed by atoms with E-state index < -0.39 is 0 Å². The zero-order valence-electron chi connectivity index (χ0n) is 12.3. The molecule has 3 nitrogen and oxygen atoms in total. The molecule has 19 heavy (non-hydrogen) atoms. The highest BCUT2D eigenvalue weighted by atomic mass is 16.2. The SMILES string of the molecule is CC1CC[C@](C)(NC(=O)Nc2ccccc2)C1(C)C. The quantitative estimate of drug-likeness (QED) is 0.828. The Kier molecular flexibility index (Phi) is 3.57. The van der Waals surface area contributed by atoms with Crippen molar-refractivity contribution in [2.24, 2.45) is 11.3 Å². The van der Waals surface area contributed by atoms with Crippen molar-refractivity contribution in [3.8, 4) is 0 Å². The fraction of sp³-hybridized carbons (Fsp3) is 0.562. The first kappa shape index (κ1) is 13.9. The Morgan fingerprint density at radius 1 is 1.21 bits per heavy atom. The zero-order valence-corrected chi connectivity index (χ0v) is 12.3. The molecule has 0 radical (unpaired) electrons. The standard InChI is InChI=1S/C16H24N2O/c1-12-10-11-16(4,15(12,2)3)18-14(19)17-13-8-6-5-7-9-13/h5-9,12H,10-11H2,1-4H3,(H2,17,18,19)/t12?,16-/m0/s1. The number of anilines is 1. The molecule has 0 spiro atoms. The Morgan fingerprint density at radius 3 is 2.37 bits per heavy atom. The van der Waals surface area contributed by atoms with Gasteiger partial charge in [0.2, 0.25) is 0 Å². The Hall–Kier alpha value is -1.51. The third-order valence-electron chi connectivity index (χ3n) is 5.15. The van der Waals surface area contributed by atoms with Gasteiger partial charge in [-0.2, -0.15) is 0 Å². The number of rotatable bonds is 2. The van der Waals surface area contributed by atoms with Gasteiger partial charge >= 0.3 is 6.03 Å². The summed E-state index contributed by atoms with van der Waals surface area (Å²) in [4.78, 5) is 12.1. The maximum Gasteiger partial charge on any atom is 0.319 e. The van der Waals surface area contributed by atoms with E-state index in [0.717, 1.165) is 18.5 Å². The van der Waals surface area contributed by atoms with Crippen LogP contribution in [-0.2, 0) is 0 Å². The normalized spacial score (nSPS) is 28.9. The lowest BCUT2D eigenvalue weighted by Crippen LogP contribution is -2.55. The van der Waals surface area contributed by atoms with Crippen LogP contribution in [0.1, 0.15) is 40.5 Å². The molecule has 2 N–H and O–H groups in total. The minimum absolute atomic E-state index is 0.112. The van der Waals surface area contributed by atoms with Crippen LogP contribution < -0.4 is 10.6 Å². The second-order valence-corrected chi connectivity index (χ2v) is 6.44. The van der Waals surface area contributed by atoms with E-state index in [9.17, 15) is 4.79 Å². The first-order valence-corrected chi connectivity index (χ1v) is 6.99. The molecule has 1 aromatic rings. The van der Waals surface area contributed by atoms with E-state index in [0.29, 0.717) is 5.92 Å². The van der Waals surface area contributed by atoms with E-state index in [4.69, 9.17) is 0 Å². The molecular formula is C16H24N2O.